The van der Waals surface area contributed by atoms with Gasteiger partial charge in [0.2, 0.25) is 0 Å². The van der Waals surface area contributed by atoms with Gasteiger partial charge < -0.3 is 24.8 Å². The highest BCUT2D eigenvalue weighted by atomic mass is 35.5. The maximum Gasteiger partial charge on any atom is 0.297 e. The minimum Gasteiger partial charge on any atom is -0.506 e. The first-order valence-electron chi connectivity index (χ1n) is 27.3. The van der Waals surface area contributed by atoms with Crippen LogP contribution in [0.1, 0.15) is 55.7 Å². The van der Waals surface area contributed by atoms with Crippen LogP contribution in [-0.4, -0.2) is 108 Å². The topological polar surface area (TPSA) is 248 Å². The molecule has 0 unspecified atom stereocenters. The summed E-state index contributed by atoms with van der Waals surface area (Å²) in [6, 6.07) is 24.1. The van der Waals surface area contributed by atoms with Crippen LogP contribution in [0.15, 0.2) is 142 Å². The van der Waals surface area contributed by atoms with Gasteiger partial charge in [0, 0.05) is 0 Å². The lowest BCUT2D eigenvalue weighted by Gasteiger charge is -2.08. The lowest BCUT2D eigenvalue weighted by Crippen LogP contribution is -2.15. The van der Waals surface area contributed by atoms with Gasteiger partial charge in [-0.15, -0.1) is 11.6 Å². The number of hydrogen-bond acceptors (Lipinski definition) is 17. The van der Waals surface area contributed by atoms with Gasteiger partial charge in [0.25, 0.3) is 30.4 Å². The monoisotopic (exact) mass is 1090 g/mol. The normalized spacial score (nSPS) is 15.9. The van der Waals surface area contributed by atoms with Crippen LogP contribution in [0.2, 0.25) is 0 Å². The molecule has 24 heteroatoms. The van der Waals surface area contributed by atoms with Gasteiger partial charge in [-0.2, -0.15) is 25.3 Å². The molecule has 388 valence electrons. The second-order valence-corrected chi connectivity index (χ2v) is 17.9. The second kappa shape index (κ2) is 33.0. The summed E-state index contributed by atoms with van der Waals surface area (Å²) >= 11 is 5.49. The fourth-order valence-electron chi connectivity index (χ4n) is 4.26. The Morgan fingerprint density at radius 3 is 1.08 bits per heavy atom. The summed E-state index contributed by atoms with van der Waals surface area (Å²) in [5.74, 6) is 0.119. The minimum atomic E-state index is -4.73. The predicted molar refractivity (Wildman–Crippen MR) is 258 cm³/mol. The van der Waals surface area contributed by atoms with Gasteiger partial charge in [-0.3, -0.25) is 27.5 Å². The molecular formula is C47H55ClF3N3O14S3. The Hall–Kier alpha value is -5.76. The van der Waals surface area contributed by atoms with Crippen LogP contribution in [0.3, 0.4) is 0 Å². The maximum atomic E-state index is 12.8. The van der Waals surface area contributed by atoms with E-state index >= 15 is 0 Å². The molecule has 17 nitrogen and oxygen atoms in total. The average molecular weight is 1090 g/mol. The van der Waals surface area contributed by atoms with E-state index in [0.29, 0.717) is 17.1 Å². The molecule has 0 aliphatic rings. The predicted octanol–water partition coefficient (Wildman–Crippen LogP) is 7.45. The van der Waals surface area contributed by atoms with Gasteiger partial charge in [0.1, 0.15) is 50.2 Å². The zero-order valence-corrected chi connectivity index (χ0v) is 40.4. The second-order valence-electron chi connectivity index (χ2n) is 13.0. The Morgan fingerprint density at radius 2 is 0.803 bits per heavy atom. The van der Waals surface area contributed by atoms with Crippen LogP contribution < -0.4 is 9.47 Å². The zero-order chi connectivity index (χ0) is 67.1. The SMILES string of the molecule is OCc1ccc(O)cn1.[2H]C([2H])(F)C([2H])([2H])OS(=O)(=O)c1ccc(C)cc1.[2H]C([2H])(F)C([2H])([2H])Oc1ccc(CCl)nc1.[2H]C([2H])(F)C([2H])([2H])Oc1ccc(CO)nc1.[2H]C([2H])(OS(=O)(=O)c1ccc(C)cc1)C([2H])([2H])OS(=O)(=O)c1ccc(C)cc1. The Balaban J connectivity index is 0.000000387. The number of aryl methyl sites for hydroxylation is 3. The van der Waals surface area contributed by atoms with Crippen LogP contribution in [0.25, 0.3) is 0 Å². The summed E-state index contributed by atoms with van der Waals surface area (Å²) in [5, 5.41) is 25.9. The lowest BCUT2D eigenvalue weighted by atomic mass is 10.2. The van der Waals surface area contributed by atoms with E-state index in [1.165, 1.54) is 72.9 Å². The smallest absolute Gasteiger partial charge is 0.297 e. The summed E-state index contributed by atoms with van der Waals surface area (Å²) in [5.41, 5.74) is 3.72. The molecule has 71 heavy (non-hydrogen) atoms. The molecule has 0 radical (unpaired) electrons. The molecule has 0 amide bonds. The molecular weight excluding hydrogens is 1020 g/mol. The van der Waals surface area contributed by atoms with E-state index < -0.39 is 92.8 Å². The highest BCUT2D eigenvalue weighted by Crippen LogP contribution is 2.17. The molecule has 0 saturated heterocycles. The third kappa shape index (κ3) is 24.8. The molecule has 0 atom stereocenters. The molecule has 0 aliphatic carbocycles. The fraction of sp³-hybridized carbons (Fsp3) is 0.298. The Bertz CT molecular complexity index is 3320. The van der Waals surface area contributed by atoms with E-state index in [0.717, 1.165) is 65.5 Å². The molecule has 0 spiro atoms. The van der Waals surface area contributed by atoms with E-state index in [4.69, 9.17) is 48.9 Å². The van der Waals surface area contributed by atoms with Crippen molar-refractivity contribution in [1.29, 1.82) is 0 Å². The Kier molecular flexibility index (Phi) is 18.5. The van der Waals surface area contributed by atoms with E-state index in [9.17, 15) is 38.4 Å². The van der Waals surface area contributed by atoms with Crippen molar-refractivity contribution in [3.63, 3.8) is 0 Å². The van der Waals surface area contributed by atoms with Crippen LogP contribution >= 0.6 is 11.6 Å². The number of rotatable bonds is 20. The standard InChI is InChI=1S/C16H18O6S2.C9H11FO3S.C8H9ClFNO.C8H10FNO2.C6H7NO2/c1-13-3-7-15(8-4-13)23(17,18)21-11-12-22-24(19,20)16-9-5-14(2)6-10-16;1-8-2-4-9(5-3-8)14(11,12)13-7-6-10;9-5-7-1-2-8(6-11-7)12-4-3-10;9-3-4-12-8-2-1-7(6-11)10-5-8;8-4-5-1-2-6(9)3-7-5/h3-10H,11-12H2,1-2H3;2-5H,6-7H2,1H3;1-2,6H,3-5H2;1-2,5,11H,3-4,6H2;1-3,8-9H,4H2/i11D2,12D2;6D2,7D2;2*3D2,4D2;. The molecule has 0 aliphatic heterocycles. The molecule has 6 rings (SSSR count). The number of aromatic nitrogens is 3. The number of benzene rings is 3. The number of aliphatic hydroxyl groups excluding tert-OH is 2. The van der Waals surface area contributed by atoms with Crippen LogP contribution in [0.4, 0.5) is 13.2 Å². The van der Waals surface area contributed by atoms with Crippen molar-refractivity contribution in [2.24, 2.45) is 0 Å². The van der Waals surface area contributed by atoms with Gasteiger partial charge in [-0.25, -0.2) is 13.2 Å². The summed E-state index contributed by atoms with van der Waals surface area (Å²) < 4.78 is 245. The quantitative estimate of drug-likeness (QED) is 0.0496. The molecule has 3 aromatic heterocycles. The zero-order valence-electron chi connectivity index (χ0n) is 53.2. The van der Waals surface area contributed by atoms with Crippen molar-refractivity contribution in [1.82, 2.24) is 15.0 Å². The lowest BCUT2D eigenvalue weighted by molar-refractivity contribution is 0.224. The van der Waals surface area contributed by atoms with Gasteiger partial charge >= 0.3 is 0 Å². The van der Waals surface area contributed by atoms with Gasteiger partial charge in [-0.05, 0) is 93.6 Å². The summed E-state index contributed by atoms with van der Waals surface area (Å²) in [6.07, 6.45) is 3.53. The summed E-state index contributed by atoms with van der Waals surface area (Å²) in [6.45, 7) is -23.5. The van der Waals surface area contributed by atoms with E-state index in [1.807, 2.05) is 0 Å². The van der Waals surface area contributed by atoms with Crippen molar-refractivity contribution >= 4 is 42.0 Å². The van der Waals surface area contributed by atoms with E-state index in [2.05, 4.69) is 37.0 Å². The minimum absolute atomic E-state index is 0.0691. The molecule has 3 heterocycles. The van der Waals surface area contributed by atoms with Crippen molar-refractivity contribution in [2.75, 3.05) is 52.7 Å². The summed E-state index contributed by atoms with van der Waals surface area (Å²) in [7, 11) is -14.0. The molecule has 3 aromatic carbocycles. The van der Waals surface area contributed by atoms with Crippen molar-refractivity contribution in [3.8, 4) is 17.2 Å². The highest BCUT2D eigenvalue weighted by Gasteiger charge is 2.18. The van der Waals surface area contributed by atoms with Crippen LogP contribution in [-0.2, 0) is 62.0 Å². The fourth-order valence-corrected chi connectivity index (χ4v) is 6.54. The highest BCUT2D eigenvalue weighted by molar-refractivity contribution is 7.87. The number of ether oxygens (including phenoxy) is 2. The number of halogens is 4. The third-order valence-corrected chi connectivity index (χ3v) is 11.5. The molecule has 3 N–H and O–H groups in total. The Morgan fingerprint density at radius 1 is 0.479 bits per heavy atom. The van der Waals surface area contributed by atoms with Crippen molar-refractivity contribution in [3.05, 3.63) is 162 Å². The molecule has 0 fully saturated rings. The van der Waals surface area contributed by atoms with Crippen molar-refractivity contribution < 1.29 is 97.7 Å². The summed E-state index contributed by atoms with van der Waals surface area (Å²) in [4.78, 5) is 9.96. The largest absolute Gasteiger partial charge is 0.506 e. The number of aromatic hydroxyl groups is 1. The first-order valence-corrected chi connectivity index (χ1v) is 24.1. The average Bonchev–Trinajstić information content (AvgIpc) is 1.03. The van der Waals surface area contributed by atoms with Crippen molar-refractivity contribution in [2.45, 2.75) is 54.6 Å². The number of pyridine rings is 3. The number of nitrogens with zero attached hydrogens (tertiary/aromatic N) is 3. The number of aliphatic hydroxyl groups is 2. The molecule has 0 bridgehead atoms. The first kappa shape index (κ1) is 39.8. The van der Waals surface area contributed by atoms with Gasteiger partial charge in [0.05, 0.1) is 111 Å². The van der Waals surface area contributed by atoms with E-state index in [-0.39, 0.29) is 41.2 Å². The van der Waals surface area contributed by atoms with Gasteiger partial charge in [-0.1, -0.05) is 53.1 Å². The van der Waals surface area contributed by atoms with Crippen LogP contribution in [0.5, 0.6) is 17.2 Å². The maximum absolute atomic E-state index is 12.8. The third-order valence-electron chi connectivity index (χ3n) is 7.74. The first-order chi connectivity index (χ1) is 39.5. The molecule has 0 saturated carbocycles. The Labute approximate surface area is 439 Å². The number of hydrogen-bond donors (Lipinski definition) is 3. The van der Waals surface area contributed by atoms with E-state index in [1.54, 1.807) is 26.8 Å². The molecule has 6 aromatic rings. The van der Waals surface area contributed by atoms with Crippen LogP contribution in [0, 0.1) is 20.8 Å². The number of alkyl halides is 4. The van der Waals surface area contributed by atoms with Gasteiger partial charge in [0.15, 0.2) is 0 Å².